The van der Waals surface area contributed by atoms with Gasteiger partial charge in [-0.2, -0.15) is 5.10 Å². The van der Waals surface area contributed by atoms with Gasteiger partial charge in [-0.1, -0.05) is 48.5 Å². The number of carbonyl (C=O) groups is 1. The first-order valence-electron chi connectivity index (χ1n) is 9.55. The number of anilines is 1. The molecule has 1 amide bonds. The lowest BCUT2D eigenvalue weighted by atomic mass is 10.0. The van der Waals surface area contributed by atoms with Crippen LogP contribution < -0.4 is 10.9 Å². The van der Waals surface area contributed by atoms with Crippen LogP contribution in [0.4, 0.5) is 5.69 Å². The van der Waals surface area contributed by atoms with Gasteiger partial charge in [0, 0.05) is 34.6 Å². The molecule has 146 valence electrons. The number of aryl methyl sites for hydroxylation is 1. The fraction of sp³-hybridized carbons (Fsp3) is 0.0417. The molecule has 0 aliphatic heterocycles. The number of para-hydroxylation sites is 1. The first-order chi connectivity index (χ1) is 14.6. The highest BCUT2D eigenvalue weighted by Gasteiger charge is 2.14. The third-order valence-corrected chi connectivity index (χ3v) is 5.30. The zero-order valence-electron chi connectivity index (χ0n) is 16.2. The number of carbonyl (C=O) groups excluding carboxylic acids is 1. The van der Waals surface area contributed by atoms with Crippen LogP contribution in [-0.2, 0) is 7.05 Å². The van der Waals surface area contributed by atoms with Crippen molar-refractivity contribution in [3.05, 3.63) is 94.9 Å². The molecule has 6 heteroatoms. The number of aromatic amines is 1. The molecule has 0 aliphatic carbocycles. The third kappa shape index (κ3) is 2.95. The number of aromatic nitrogens is 3. The highest BCUT2D eigenvalue weighted by molar-refractivity contribution is 6.06. The van der Waals surface area contributed by atoms with Gasteiger partial charge in [-0.05, 0) is 30.3 Å². The Kier molecular flexibility index (Phi) is 4.17. The van der Waals surface area contributed by atoms with E-state index in [1.807, 2.05) is 84.4 Å². The Morgan fingerprint density at radius 3 is 2.40 bits per heavy atom. The molecule has 3 aromatic carbocycles. The average molecular weight is 394 g/mol. The van der Waals surface area contributed by atoms with E-state index in [1.165, 1.54) is 0 Å². The van der Waals surface area contributed by atoms with Gasteiger partial charge in [0.1, 0.15) is 5.69 Å². The predicted octanol–water partition coefficient (Wildman–Crippen LogP) is 4.33. The van der Waals surface area contributed by atoms with Crippen molar-refractivity contribution in [1.82, 2.24) is 14.8 Å². The molecule has 6 nitrogen and oxygen atoms in total. The standard InChI is InChI=1S/C24H18N4O2/c1-28-20-9-5-2-6-16(20)14-21(28)24(30)25-17-12-10-15(11-13-17)22-18-7-3-4-8-19(18)23(29)27-26-22/h2-14H,1H3,(H,25,30)(H,27,29). The van der Waals surface area contributed by atoms with E-state index in [9.17, 15) is 9.59 Å². The van der Waals surface area contributed by atoms with Crippen molar-refractivity contribution in [2.24, 2.45) is 7.05 Å². The summed E-state index contributed by atoms with van der Waals surface area (Å²) in [5.74, 6) is -0.172. The smallest absolute Gasteiger partial charge is 0.272 e. The number of amides is 1. The molecule has 2 N–H and O–H groups in total. The first kappa shape index (κ1) is 17.9. The second-order valence-electron chi connectivity index (χ2n) is 7.13. The number of hydrogen-bond acceptors (Lipinski definition) is 3. The summed E-state index contributed by atoms with van der Waals surface area (Å²) in [5, 5.41) is 12.1. The Labute approximate surface area is 171 Å². The van der Waals surface area contributed by atoms with Crippen molar-refractivity contribution >= 4 is 33.3 Å². The predicted molar refractivity (Wildman–Crippen MR) is 119 cm³/mol. The van der Waals surface area contributed by atoms with Gasteiger partial charge in [0.15, 0.2) is 0 Å². The normalized spacial score (nSPS) is 11.1. The van der Waals surface area contributed by atoms with Crippen LogP contribution >= 0.6 is 0 Å². The molecule has 0 saturated heterocycles. The van der Waals surface area contributed by atoms with Crippen LogP contribution in [0, 0.1) is 0 Å². The van der Waals surface area contributed by atoms with E-state index in [2.05, 4.69) is 15.5 Å². The number of H-pyrrole nitrogens is 1. The van der Waals surface area contributed by atoms with Crippen LogP contribution in [-0.4, -0.2) is 20.7 Å². The molecule has 5 aromatic rings. The number of fused-ring (bicyclic) bond motifs is 2. The molecular weight excluding hydrogens is 376 g/mol. The molecule has 0 fully saturated rings. The number of rotatable bonds is 3. The van der Waals surface area contributed by atoms with E-state index >= 15 is 0 Å². The van der Waals surface area contributed by atoms with Crippen LogP contribution in [0.15, 0.2) is 83.7 Å². The molecule has 2 aromatic heterocycles. The summed E-state index contributed by atoms with van der Waals surface area (Å²) in [7, 11) is 1.88. The Morgan fingerprint density at radius 1 is 0.933 bits per heavy atom. The number of hydrogen-bond donors (Lipinski definition) is 2. The Bertz CT molecular complexity index is 1460. The van der Waals surface area contributed by atoms with Crippen molar-refractivity contribution in [2.75, 3.05) is 5.32 Å². The van der Waals surface area contributed by atoms with Gasteiger partial charge in [0.2, 0.25) is 0 Å². The molecule has 0 unspecified atom stereocenters. The minimum Gasteiger partial charge on any atom is -0.340 e. The highest BCUT2D eigenvalue weighted by atomic mass is 16.2. The Morgan fingerprint density at radius 2 is 1.63 bits per heavy atom. The Hall–Kier alpha value is -4.19. The lowest BCUT2D eigenvalue weighted by Gasteiger charge is -2.09. The molecule has 30 heavy (non-hydrogen) atoms. The number of nitrogens with zero attached hydrogens (tertiary/aromatic N) is 2. The molecule has 0 radical (unpaired) electrons. The van der Waals surface area contributed by atoms with Crippen molar-refractivity contribution in [3.63, 3.8) is 0 Å². The minimum absolute atomic E-state index is 0.172. The molecule has 0 atom stereocenters. The fourth-order valence-corrected chi connectivity index (χ4v) is 3.75. The minimum atomic E-state index is -0.215. The van der Waals surface area contributed by atoms with Crippen LogP contribution in [0.1, 0.15) is 10.5 Å². The van der Waals surface area contributed by atoms with Gasteiger partial charge in [-0.15, -0.1) is 0 Å². The van der Waals surface area contributed by atoms with Crippen molar-refractivity contribution in [3.8, 4) is 11.3 Å². The summed E-state index contributed by atoms with van der Waals surface area (Å²) in [6, 6.07) is 24.6. The fourth-order valence-electron chi connectivity index (χ4n) is 3.75. The monoisotopic (exact) mass is 394 g/mol. The molecular formula is C24H18N4O2. The summed E-state index contributed by atoms with van der Waals surface area (Å²) in [5.41, 5.74) is 3.61. The summed E-state index contributed by atoms with van der Waals surface area (Å²) in [6.07, 6.45) is 0. The second-order valence-corrected chi connectivity index (χ2v) is 7.13. The van der Waals surface area contributed by atoms with Gasteiger partial charge >= 0.3 is 0 Å². The maximum Gasteiger partial charge on any atom is 0.272 e. The van der Waals surface area contributed by atoms with Gasteiger partial charge in [0.05, 0.1) is 11.1 Å². The molecule has 0 bridgehead atoms. The first-order valence-corrected chi connectivity index (χ1v) is 9.55. The van der Waals surface area contributed by atoms with Gasteiger partial charge in [0.25, 0.3) is 11.5 Å². The Balaban J connectivity index is 1.44. The largest absolute Gasteiger partial charge is 0.340 e. The topological polar surface area (TPSA) is 79.8 Å². The molecule has 0 spiro atoms. The molecule has 5 rings (SSSR count). The van der Waals surface area contributed by atoms with Crippen LogP contribution in [0.25, 0.3) is 32.9 Å². The van der Waals surface area contributed by atoms with E-state index in [1.54, 1.807) is 6.07 Å². The SMILES string of the molecule is Cn1c(C(=O)Nc2ccc(-c3n[nH]c(=O)c4ccccc34)cc2)cc2ccccc21. The maximum absolute atomic E-state index is 12.8. The highest BCUT2D eigenvalue weighted by Crippen LogP contribution is 2.26. The number of benzene rings is 3. The van der Waals surface area contributed by atoms with Gasteiger partial charge < -0.3 is 9.88 Å². The zero-order chi connectivity index (χ0) is 20.7. The van der Waals surface area contributed by atoms with Crippen molar-refractivity contribution in [1.29, 1.82) is 0 Å². The zero-order valence-corrected chi connectivity index (χ0v) is 16.2. The summed E-state index contributed by atoms with van der Waals surface area (Å²) < 4.78 is 1.88. The van der Waals surface area contributed by atoms with Crippen molar-refractivity contribution in [2.45, 2.75) is 0 Å². The van der Waals surface area contributed by atoms with E-state index in [0.29, 0.717) is 22.5 Å². The third-order valence-electron chi connectivity index (χ3n) is 5.30. The molecule has 2 heterocycles. The van der Waals surface area contributed by atoms with E-state index in [4.69, 9.17) is 0 Å². The lowest BCUT2D eigenvalue weighted by molar-refractivity contribution is 0.102. The van der Waals surface area contributed by atoms with Crippen LogP contribution in [0.2, 0.25) is 0 Å². The summed E-state index contributed by atoms with van der Waals surface area (Å²) >= 11 is 0. The van der Waals surface area contributed by atoms with E-state index in [-0.39, 0.29) is 11.5 Å². The molecule has 0 aliphatic rings. The van der Waals surface area contributed by atoms with Crippen LogP contribution in [0.5, 0.6) is 0 Å². The van der Waals surface area contributed by atoms with E-state index < -0.39 is 0 Å². The summed E-state index contributed by atoms with van der Waals surface area (Å²) in [4.78, 5) is 24.8. The lowest BCUT2D eigenvalue weighted by Crippen LogP contribution is -2.15. The van der Waals surface area contributed by atoms with E-state index in [0.717, 1.165) is 21.9 Å². The second kappa shape index (κ2) is 7.00. The quantitative estimate of drug-likeness (QED) is 0.478. The summed E-state index contributed by atoms with van der Waals surface area (Å²) in [6.45, 7) is 0. The van der Waals surface area contributed by atoms with Crippen LogP contribution in [0.3, 0.4) is 0 Å². The average Bonchev–Trinajstić information content (AvgIpc) is 3.12. The van der Waals surface area contributed by atoms with Gasteiger partial charge in [-0.25, -0.2) is 5.10 Å². The number of nitrogens with one attached hydrogen (secondary N) is 2. The van der Waals surface area contributed by atoms with Gasteiger partial charge in [-0.3, -0.25) is 9.59 Å². The maximum atomic E-state index is 12.8. The molecule has 0 saturated carbocycles. The van der Waals surface area contributed by atoms with Crippen molar-refractivity contribution < 1.29 is 4.79 Å².